The number of nitrogens with one attached hydrogen (secondary N) is 1. The molecule has 0 aromatic carbocycles. The highest BCUT2D eigenvalue weighted by molar-refractivity contribution is 5.98. The van der Waals surface area contributed by atoms with Gasteiger partial charge in [0.15, 0.2) is 0 Å². The Morgan fingerprint density at radius 1 is 1.15 bits per heavy atom. The van der Waals surface area contributed by atoms with Crippen LogP contribution in [-0.2, 0) is 9.59 Å². The smallest absolute Gasteiger partial charge is 0.249 e. The van der Waals surface area contributed by atoms with E-state index in [4.69, 9.17) is 0 Å². The van der Waals surface area contributed by atoms with Gasteiger partial charge >= 0.3 is 0 Å². The lowest BCUT2D eigenvalue weighted by molar-refractivity contribution is -0.152. The van der Waals surface area contributed by atoms with Gasteiger partial charge in [-0.15, -0.1) is 0 Å². The number of amides is 2. The number of nitrogens with zero attached hydrogens (tertiary/aromatic N) is 1. The predicted octanol–water partition coefficient (Wildman–Crippen LogP) is 2.47. The number of carbonyl (C=O) groups excluding carboxylic acids is 2. The van der Waals surface area contributed by atoms with Gasteiger partial charge in [0.25, 0.3) is 0 Å². The van der Waals surface area contributed by atoms with Crippen LogP contribution in [0, 0.1) is 5.92 Å². The third-order valence-corrected chi connectivity index (χ3v) is 4.76. The normalized spacial score (nSPS) is 23.5. The molecular formula is C16H28N2O2. The molecule has 2 amide bonds. The molecule has 1 N–H and O–H groups in total. The molecule has 1 saturated heterocycles. The molecule has 20 heavy (non-hydrogen) atoms. The standard InChI is InChI=1S/C16H28N2O2/c1-12(2)7-6-8-13(3)18-11-14(19)17-16(15(18)20)9-4-5-10-16/h12-13H,4-11H2,1-3H3,(H,17,19). The predicted molar refractivity (Wildman–Crippen MR) is 79.2 cm³/mol. The highest BCUT2D eigenvalue weighted by Gasteiger charge is 2.49. The van der Waals surface area contributed by atoms with E-state index in [9.17, 15) is 9.59 Å². The fraction of sp³-hybridized carbons (Fsp3) is 0.875. The first-order chi connectivity index (χ1) is 9.44. The monoisotopic (exact) mass is 280 g/mol. The summed E-state index contributed by atoms with van der Waals surface area (Å²) in [6.45, 7) is 6.76. The van der Waals surface area contributed by atoms with Crippen LogP contribution in [0.1, 0.15) is 65.7 Å². The van der Waals surface area contributed by atoms with E-state index >= 15 is 0 Å². The van der Waals surface area contributed by atoms with E-state index in [0.717, 1.165) is 38.5 Å². The van der Waals surface area contributed by atoms with Gasteiger partial charge in [-0.05, 0) is 32.1 Å². The van der Waals surface area contributed by atoms with Crippen LogP contribution in [0.4, 0.5) is 0 Å². The van der Waals surface area contributed by atoms with Crippen LogP contribution in [0.25, 0.3) is 0 Å². The Bertz CT molecular complexity index is 373. The Morgan fingerprint density at radius 2 is 1.80 bits per heavy atom. The van der Waals surface area contributed by atoms with Crippen molar-refractivity contribution >= 4 is 11.8 Å². The quantitative estimate of drug-likeness (QED) is 0.841. The van der Waals surface area contributed by atoms with Crippen LogP contribution in [-0.4, -0.2) is 34.8 Å². The second-order valence-electron chi connectivity index (χ2n) is 6.94. The van der Waals surface area contributed by atoms with E-state index in [2.05, 4.69) is 26.1 Å². The maximum Gasteiger partial charge on any atom is 0.249 e. The van der Waals surface area contributed by atoms with Crippen LogP contribution in [0.3, 0.4) is 0 Å². The molecule has 1 atom stereocenters. The first kappa shape index (κ1) is 15.3. The van der Waals surface area contributed by atoms with Gasteiger partial charge in [0, 0.05) is 6.04 Å². The average Bonchev–Trinajstić information content (AvgIpc) is 2.82. The molecule has 4 nitrogen and oxygen atoms in total. The van der Waals surface area contributed by atoms with Crippen molar-refractivity contribution in [3.8, 4) is 0 Å². The van der Waals surface area contributed by atoms with Gasteiger partial charge in [0.1, 0.15) is 5.54 Å². The summed E-state index contributed by atoms with van der Waals surface area (Å²) in [4.78, 5) is 26.5. The molecule has 0 aromatic heterocycles. The molecule has 1 unspecified atom stereocenters. The van der Waals surface area contributed by atoms with E-state index in [-0.39, 0.29) is 24.4 Å². The van der Waals surface area contributed by atoms with E-state index in [1.54, 1.807) is 0 Å². The molecular weight excluding hydrogens is 252 g/mol. The molecule has 4 heteroatoms. The zero-order valence-electron chi connectivity index (χ0n) is 13.1. The molecule has 0 aromatic rings. The van der Waals surface area contributed by atoms with Crippen LogP contribution >= 0.6 is 0 Å². The van der Waals surface area contributed by atoms with Crippen LogP contribution in [0.2, 0.25) is 0 Å². The van der Waals surface area contributed by atoms with E-state index in [0.29, 0.717) is 5.92 Å². The Morgan fingerprint density at radius 3 is 2.40 bits per heavy atom. The van der Waals surface area contributed by atoms with E-state index in [1.165, 1.54) is 6.42 Å². The Hall–Kier alpha value is -1.06. The van der Waals surface area contributed by atoms with Gasteiger partial charge in [-0.1, -0.05) is 39.5 Å². The molecule has 2 fully saturated rings. The van der Waals surface area contributed by atoms with Gasteiger partial charge < -0.3 is 10.2 Å². The molecule has 0 bridgehead atoms. The second-order valence-corrected chi connectivity index (χ2v) is 6.94. The van der Waals surface area contributed by atoms with E-state index in [1.807, 2.05) is 4.90 Å². The number of carbonyl (C=O) groups is 2. The van der Waals surface area contributed by atoms with Gasteiger partial charge in [-0.25, -0.2) is 0 Å². The van der Waals surface area contributed by atoms with Crippen molar-refractivity contribution in [3.63, 3.8) is 0 Å². The van der Waals surface area contributed by atoms with Gasteiger partial charge in [0.05, 0.1) is 6.54 Å². The molecule has 114 valence electrons. The van der Waals surface area contributed by atoms with Crippen molar-refractivity contribution in [3.05, 3.63) is 0 Å². The van der Waals surface area contributed by atoms with Gasteiger partial charge in [-0.2, -0.15) is 0 Å². The van der Waals surface area contributed by atoms with Crippen molar-refractivity contribution < 1.29 is 9.59 Å². The molecule has 1 aliphatic heterocycles. The van der Waals surface area contributed by atoms with Crippen molar-refractivity contribution in [2.45, 2.75) is 77.3 Å². The number of piperazine rings is 1. The molecule has 1 saturated carbocycles. The molecule has 2 aliphatic rings. The molecule has 1 heterocycles. The minimum Gasteiger partial charge on any atom is -0.340 e. The summed E-state index contributed by atoms with van der Waals surface area (Å²) in [5, 5.41) is 2.97. The van der Waals surface area contributed by atoms with Crippen molar-refractivity contribution in [1.82, 2.24) is 10.2 Å². The third kappa shape index (κ3) is 3.15. The lowest BCUT2D eigenvalue weighted by Crippen LogP contribution is -2.67. The van der Waals surface area contributed by atoms with E-state index < -0.39 is 5.54 Å². The summed E-state index contributed by atoms with van der Waals surface area (Å²) < 4.78 is 0. The summed E-state index contributed by atoms with van der Waals surface area (Å²) in [7, 11) is 0. The lowest BCUT2D eigenvalue weighted by atomic mass is 9.91. The fourth-order valence-corrected chi connectivity index (χ4v) is 3.51. The van der Waals surface area contributed by atoms with Gasteiger partial charge in [0.2, 0.25) is 11.8 Å². The summed E-state index contributed by atoms with van der Waals surface area (Å²) in [5.41, 5.74) is -0.568. The average molecular weight is 280 g/mol. The van der Waals surface area contributed by atoms with Crippen molar-refractivity contribution in [2.75, 3.05) is 6.54 Å². The third-order valence-electron chi connectivity index (χ3n) is 4.76. The molecule has 1 aliphatic carbocycles. The van der Waals surface area contributed by atoms with Crippen LogP contribution < -0.4 is 5.32 Å². The molecule has 2 rings (SSSR count). The maximum atomic E-state index is 12.7. The van der Waals surface area contributed by atoms with Crippen molar-refractivity contribution in [2.24, 2.45) is 5.92 Å². The second kappa shape index (κ2) is 6.15. The number of hydrogen-bond donors (Lipinski definition) is 1. The van der Waals surface area contributed by atoms with Gasteiger partial charge in [-0.3, -0.25) is 9.59 Å². The molecule has 0 radical (unpaired) electrons. The SMILES string of the molecule is CC(C)CCCC(C)N1CC(=O)NC2(CCCC2)C1=O. The first-order valence-electron chi connectivity index (χ1n) is 8.07. The fourth-order valence-electron chi connectivity index (χ4n) is 3.51. The number of rotatable bonds is 5. The summed E-state index contributed by atoms with van der Waals surface area (Å²) >= 11 is 0. The maximum absolute atomic E-state index is 12.7. The zero-order valence-corrected chi connectivity index (χ0v) is 13.1. The topological polar surface area (TPSA) is 49.4 Å². The zero-order chi connectivity index (χ0) is 14.8. The van der Waals surface area contributed by atoms with Crippen molar-refractivity contribution in [1.29, 1.82) is 0 Å². The summed E-state index contributed by atoms with van der Waals surface area (Å²) in [5.74, 6) is 0.873. The van der Waals surface area contributed by atoms with Crippen LogP contribution in [0.5, 0.6) is 0 Å². The highest BCUT2D eigenvalue weighted by atomic mass is 16.2. The first-order valence-corrected chi connectivity index (χ1v) is 8.07. The Kier molecular flexibility index (Phi) is 4.71. The largest absolute Gasteiger partial charge is 0.340 e. The highest BCUT2D eigenvalue weighted by Crippen LogP contribution is 2.34. The summed E-state index contributed by atoms with van der Waals surface area (Å²) in [6, 6.07) is 0.171. The lowest BCUT2D eigenvalue weighted by Gasteiger charge is -2.42. The molecule has 1 spiro atoms. The minimum absolute atomic E-state index is 0.0159. The minimum atomic E-state index is -0.568. The summed E-state index contributed by atoms with van der Waals surface area (Å²) in [6.07, 6.45) is 7.01. The number of hydrogen-bond acceptors (Lipinski definition) is 2. The Labute approximate surface area is 122 Å². The Balaban J connectivity index is 1.99. The van der Waals surface area contributed by atoms with Crippen LogP contribution in [0.15, 0.2) is 0 Å².